The topological polar surface area (TPSA) is 111 Å². The van der Waals surface area contributed by atoms with E-state index in [-0.39, 0.29) is 17.4 Å². The van der Waals surface area contributed by atoms with E-state index in [0.717, 1.165) is 10.1 Å². The molecule has 148 valence electrons. The molecule has 2 aromatic carbocycles. The van der Waals surface area contributed by atoms with Crippen LogP contribution in [-0.2, 0) is 0 Å². The summed E-state index contributed by atoms with van der Waals surface area (Å²) in [5, 5.41) is 22.9. The minimum atomic E-state index is -0.493. The van der Waals surface area contributed by atoms with Gasteiger partial charge in [-0.05, 0) is 30.7 Å². The third kappa shape index (κ3) is 3.30. The normalized spacial score (nSPS) is 11.2. The van der Waals surface area contributed by atoms with Crippen molar-refractivity contribution >= 4 is 28.4 Å². The quantitative estimate of drug-likeness (QED) is 0.315. The molecule has 0 amide bonds. The van der Waals surface area contributed by atoms with Gasteiger partial charge in [-0.3, -0.25) is 19.9 Å². The van der Waals surface area contributed by atoms with E-state index in [1.165, 1.54) is 24.5 Å². The van der Waals surface area contributed by atoms with E-state index in [2.05, 4.69) is 9.98 Å². The lowest BCUT2D eigenvalue weighted by Crippen LogP contribution is -2.20. The van der Waals surface area contributed by atoms with Crippen LogP contribution in [0.15, 0.2) is 76.6 Å². The second-order valence-electron chi connectivity index (χ2n) is 6.60. The molecule has 1 N–H and O–H groups in total. The number of hydrogen-bond acceptors (Lipinski definition) is 6. The van der Waals surface area contributed by atoms with Crippen molar-refractivity contribution in [3.63, 3.8) is 0 Å². The Morgan fingerprint density at radius 3 is 2.53 bits per heavy atom. The molecular formula is C22H16N4O4. The van der Waals surface area contributed by atoms with Crippen LogP contribution in [0, 0.1) is 17.0 Å². The molecule has 8 nitrogen and oxygen atoms in total. The number of nitrogens with zero attached hydrogens (tertiary/aromatic N) is 4. The maximum Gasteiger partial charge on any atom is 0.271 e. The summed E-state index contributed by atoms with van der Waals surface area (Å²) in [4.78, 5) is 32.1. The highest BCUT2D eigenvalue weighted by molar-refractivity contribution is 6.02. The van der Waals surface area contributed by atoms with Crippen LogP contribution in [0.1, 0.15) is 11.1 Å². The molecule has 2 heterocycles. The molecule has 0 aliphatic rings. The molecule has 0 aliphatic heterocycles. The van der Waals surface area contributed by atoms with E-state index in [4.69, 9.17) is 0 Å². The molecule has 4 aromatic rings. The molecule has 0 radical (unpaired) electrons. The molecule has 0 unspecified atom stereocenters. The number of aryl methyl sites for hydroxylation is 1. The third-order valence-electron chi connectivity index (χ3n) is 4.72. The summed E-state index contributed by atoms with van der Waals surface area (Å²) in [7, 11) is 0. The maximum absolute atomic E-state index is 13.0. The summed E-state index contributed by atoms with van der Waals surface area (Å²) in [6, 6.07) is 16.3. The Labute approximate surface area is 170 Å². The summed E-state index contributed by atoms with van der Waals surface area (Å²) in [6.45, 7) is 1.78. The molecule has 0 saturated heterocycles. The van der Waals surface area contributed by atoms with Gasteiger partial charge >= 0.3 is 0 Å². The number of benzene rings is 2. The molecule has 0 bridgehead atoms. The summed E-state index contributed by atoms with van der Waals surface area (Å²) >= 11 is 0. The Morgan fingerprint density at radius 2 is 1.83 bits per heavy atom. The number of nitro benzene ring substituents is 1. The number of rotatable bonds is 4. The maximum atomic E-state index is 13.0. The first-order chi connectivity index (χ1) is 14.5. The molecule has 30 heavy (non-hydrogen) atoms. The van der Waals surface area contributed by atoms with Crippen LogP contribution in [0.3, 0.4) is 0 Å². The smallest absolute Gasteiger partial charge is 0.271 e. The van der Waals surface area contributed by atoms with Crippen LogP contribution in [0.5, 0.6) is 5.88 Å². The zero-order valence-electron chi connectivity index (χ0n) is 15.9. The van der Waals surface area contributed by atoms with Gasteiger partial charge in [-0.15, -0.1) is 0 Å². The van der Waals surface area contributed by atoms with E-state index in [1.54, 1.807) is 55.5 Å². The lowest BCUT2D eigenvalue weighted by molar-refractivity contribution is -0.384. The average Bonchev–Trinajstić information content (AvgIpc) is 2.75. The highest BCUT2D eigenvalue weighted by Crippen LogP contribution is 2.28. The number of aromatic hydroxyl groups is 1. The van der Waals surface area contributed by atoms with Crippen molar-refractivity contribution in [2.45, 2.75) is 6.92 Å². The molecular weight excluding hydrogens is 384 g/mol. The van der Waals surface area contributed by atoms with Crippen molar-refractivity contribution < 1.29 is 10.0 Å². The number of hydrogen-bond donors (Lipinski definition) is 1. The first-order valence-corrected chi connectivity index (χ1v) is 9.04. The standard InChI is InChI=1S/C22H16N4O4/c1-14-9-10-15(26(29)30)12-19(14)24-13-18-16-6-2-3-7-17(16)21(27)25(22(18)28)20-8-4-5-11-23-20/h2-13,28H,1H3. The van der Waals surface area contributed by atoms with Crippen molar-refractivity contribution in [1.82, 2.24) is 9.55 Å². The Hall–Kier alpha value is -4.33. The molecule has 0 atom stereocenters. The number of aliphatic imine (C=N–C) groups is 1. The van der Waals surface area contributed by atoms with Gasteiger partial charge in [-0.25, -0.2) is 9.55 Å². The van der Waals surface area contributed by atoms with Crippen LogP contribution < -0.4 is 5.56 Å². The minimum Gasteiger partial charge on any atom is -0.494 e. The number of fused-ring (bicyclic) bond motifs is 1. The average molecular weight is 400 g/mol. The molecule has 0 fully saturated rings. The zero-order valence-corrected chi connectivity index (χ0v) is 15.9. The summed E-state index contributed by atoms with van der Waals surface area (Å²) in [5.74, 6) is -0.0452. The Kier molecular flexibility index (Phi) is 4.81. The second-order valence-corrected chi connectivity index (χ2v) is 6.60. The largest absolute Gasteiger partial charge is 0.494 e. The summed E-state index contributed by atoms with van der Waals surface area (Å²) < 4.78 is 1.12. The number of nitro groups is 1. The molecule has 8 heteroatoms. The first kappa shape index (κ1) is 19.0. The van der Waals surface area contributed by atoms with Gasteiger partial charge in [-0.2, -0.15) is 0 Å². The predicted molar refractivity (Wildman–Crippen MR) is 114 cm³/mol. The van der Waals surface area contributed by atoms with Crippen LogP contribution in [0.25, 0.3) is 16.6 Å². The molecule has 0 aliphatic carbocycles. The Bertz CT molecular complexity index is 1360. The number of pyridine rings is 2. The lowest BCUT2D eigenvalue weighted by atomic mass is 10.1. The molecule has 0 spiro atoms. The van der Waals surface area contributed by atoms with Gasteiger partial charge < -0.3 is 5.11 Å². The van der Waals surface area contributed by atoms with E-state index < -0.39 is 10.5 Å². The molecule has 2 aromatic heterocycles. The van der Waals surface area contributed by atoms with Crippen molar-refractivity contribution in [2.75, 3.05) is 0 Å². The van der Waals surface area contributed by atoms with Crippen molar-refractivity contribution in [2.24, 2.45) is 4.99 Å². The van der Waals surface area contributed by atoms with Crippen LogP contribution in [0.4, 0.5) is 11.4 Å². The van der Waals surface area contributed by atoms with Gasteiger partial charge in [-0.1, -0.05) is 30.3 Å². The van der Waals surface area contributed by atoms with E-state index in [1.807, 2.05) is 0 Å². The van der Waals surface area contributed by atoms with E-state index >= 15 is 0 Å². The Balaban J connectivity index is 1.96. The number of aromatic nitrogens is 2. The first-order valence-electron chi connectivity index (χ1n) is 9.04. The fourth-order valence-corrected chi connectivity index (χ4v) is 3.17. The van der Waals surface area contributed by atoms with Crippen molar-refractivity contribution in [1.29, 1.82) is 0 Å². The summed E-state index contributed by atoms with van der Waals surface area (Å²) in [5.41, 5.74) is 0.939. The summed E-state index contributed by atoms with van der Waals surface area (Å²) in [6.07, 6.45) is 2.93. The monoisotopic (exact) mass is 400 g/mol. The fourth-order valence-electron chi connectivity index (χ4n) is 3.17. The highest BCUT2D eigenvalue weighted by Gasteiger charge is 2.17. The van der Waals surface area contributed by atoms with Crippen molar-refractivity contribution in [3.05, 3.63) is 98.5 Å². The van der Waals surface area contributed by atoms with E-state index in [9.17, 15) is 20.0 Å². The predicted octanol–water partition coefficient (Wildman–Crippen LogP) is 4.06. The molecule has 0 saturated carbocycles. The Morgan fingerprint density at radius 1 is 1.10 bits per heavy atom. The van der Waals surface area contributed by atoms with Crippen LogP contribution in [-0.4, -0.2) is 25.8 Å². The SMILES string of the molecule is Cc1ccc([N+](=O)[O-])cc1N=Cc1c(O)n(-c2ccccn2)c(=O)c2ccccc12. The third-order valence-corrected chi connectivity index (χ3v) is 4.72. The second kappa shape index (κ2) is 7.59. The number of non-ortho nitro benzene ring substituents is 1. The lowest BCUT2D eigenvalue weighted by Gasteiger charge is -2.12. The van der Waals surface area contributed by atoms with Gasteiger partial charge in [0.05, 0.1) is 16.2 Å². The van der Waals surface area contributed by atoms with Gasteiger partial charge in [0, 0.05) is 35.3 Å². The molecule has 4 rings (SSSR count). The highest BCUT2D eigenvalue weighted by atomic mass is 16.6. The van der Waals surface area contributed by atoms with Gasteiger partial charge in [0.2, 0.25) is 5.88 Å². The van der Waals surface area contributed by atoms with Crippen molar-refractivity contribution in [3.8, 4) is 11.7 Å². The zero-order chi connectivity index (χ0) is 21.3. The van der Waals surface area contributed by atoms with Gasteiger partial charge in [0.1, 0.15) is 5.82 Å². The van der Waals surface area contributed by atoms with Gasteiger partial charge in [0.25, 0.3) is 11.2 Å². The van der Waals surface area contributed by atoms with E-state index in [0.29, 0.717) is 22.0 Å². The van der Waals surface area contributed by atoms with Gasteiger partial charge in [0.15, 0.2) is 0 Å². The van der Waals surface area contributed by atoms with Crippen LogP contribution >= 0.6 is 0 Å². The fraction of sp³-hybridized carbons (Fsp3) is 0.0455. The van der Waals surface area contributed by atoms with Crippen LogP contribution in [0.2, 0.25) is 0 Å². The minimum absolute atomic E-state index is 0.0831.